The van der Waals surface area contributed by atoms with Crippen LogP contribution >= 0.6 is 24.1 Å². The van der Waals surface area contributed by atoms with Crippen molar-refractivity contribution in [2.75, 3.05) is 28.7 Å². The number of rotatable bonds is 13. The van der Waals surface area contributed by atoms with Crippen LogP contribution in [0.3, 0.4) is 0 Å². The summed E-state index contributed by atoms with van der Waals surface area (Å²) >= 11 is 0. The molecule has 6 aromatic rings. The average molecular weight is 813 g/mol. The minimum absolute atomic E-state index is 0.249. The van der Waals surface area contributed by atoms with Crippen LogP contribution in [0, 0.1) is 0 Å². The van der Waals surface area contributed by atoms with E-state index in [0.29, 0.717) is 62.9 Å². The number of anilines is 5. The number of nitrogens with one attached hydrogen (secondary N) is 1. The molecular weight excluding hydrogens is 769 g/mol. The predicted octanol–water partition coefficient (Wildman–Crippen LogP) is 9.90. The number of nitrogens with zero attached hydrogens (tertiary/aromatic N) is 2. The fourth-order valence-corrected chi connectivity index (χ4v) is 14.8. The second kappa shape index (κ2) is 15.7. The molecule has 0 aromatic heterocycles. The van der Waals surface area contributed by atoms with Gasteiger partial charge in [-0.25, -0.2) is 0 Å². The normalized spacial score (nSPS) is 16.7. The van der Waals surface area contributed by atoms with E-state index in [0.717, 1.165) is 5.56 Å². The Morgan fingerprint density at radius 2 is 0.821 bits per heavy atom. The summed E-state index contributed by atoms with van der Waals surface area (Å²) in [6, 6.07) is 41.5. The number of hydrogen-bond acceptors (Lipinski definition) is 14. The van der Waals surface area contributed by atoms with Gasteiger partial charge in [0, 0.05) is 0 Å². The molecule has 0 amide bonds. The molecule has 1 aliphatic rings. The van der Waals surface area contributed by atoms with Crippen LogP contribution in [-0.4, -0.2) is 4.60 Å². The molecule has 0 radical (unpaired) electrons. The molecular formula is C39H43N8O6P3. The number of benzene rings is 6. The van der Waals surface area contributed by atoms with Crippen molar-refractivity contribution >= 4 is 52.6 Å². The second-order valence-corrected chi connectivity index (χ2v) is 19.6. The summed E-state index contributed by atoms with van der Waals surface area (Å²) in [5, 5.41) is 0. The maximum atomic E-state index is 7.27. The van der Waals surface area contributed by atoms with Crippen molar-refractivity contribution in [2.24, 2.45) is 4.52 Å². The summed E-state index contributed by atoms with van der Waals surface area (Å²) in [6.45, 7) is 4.22. The summed E-state index contributed by atoms with van der Waals surface area (Å²) < 4.78 is 42.0. The fraction of sp³-hybridized carbons (Fsp3) is 0.0769. The van der Waals surface area contributed by atoms with Crippen molar-refractivity contribution in [1.29, 1.82) is 0 Å². The third kappa shape index (κ3) is 8.35. The van der Waals surface area contributed by atoms with Crippen molar-refractivity contribution in [2.45, 2.75) is 19.8 Å². The minimum atomic E-state index is -5.45. The van der Waals surface area contributed by atoms with Gasteiger partial charge < -0.3 is 0 Å². The van der Waals surface area contributed by atoms with Crippen LogP contribution in [0.4, 0.5) is 28.4 Å². The standard InChI is InChI=1S/C39H43N8O6P3/c1-27(2)28-3-15-37(16-4-28)51-56(52-38-23-11-32(43)12-24-38,53-39-25-13-33(44)14-26-39)46-54-45-55(49-35-19-7-30(41)8-20-35,50-36-21-9-31(42)10-22-36)47(56)48-34-17-5-29(40)6-18-34/h3-27,46,54H,40-44H2,1-2H3. The predicted molar refractivity (Wildman–Crippen MR) is 228 cm³/mol. The maximum absolute atomic E-state index is 7.27. The van der Waals surface area contributed by atoms with E-state index in [9.17, 15) is 0 Å². The third-order valence-corrected chi connectivity index (χ3v) is 16.9. The number of hydrogen-bond donors (Lipinski definition) is 6. The first kappa shape index (κ1) is 38.4. The third-order valence-electron chi connectivity index (χ3n) is 8.31. The molecule has 1 atom stereocenters. The van der Waals surface area contributed by atoms with Gasteiger partial charge in [0.1, 0.15) is 0 Å². The van der Waals surface area contributed by atoms with E-state index in [-0.39, 0.29) is 5.92 Å². The van der Waals surface area contributed by atoms with Crippen molar-refractivity contribution in [3.63, 3.8) is 0 Å². The Hall–Kier alpha value is -5.87. The molecule has 0 saturated carbocycles. The average Bonchev–Trinajstić information content (AvgIpc) is 3.18. The monoisotopic (exact) mass is 812 g/mol. The molecule has 1 heterocycles. The van der Waals surface area contributed by atoms with Gasteiger partial charge in [-0.05, 0) is 0 Å². The van der Waals surface area contributed by atoms with Crippen LogP contribution in [0.15, 0.2) is 150 Å². The van der Waals surface area contributed by atoms with Gasteiger partial charge >= 0.3 is 328 Å². The van der Waals surface area contributed by atoms with Crippen LogP contribution in [0.25, 0.3) is 0 Å². The first-order valence-corrected chi connectivity index (χ1v) is 21.9. The fourth-order valence-electron chi connectivity index (χ4n) is 5.41. The Morgan fingerprint density at radius 3 is 1.18 bits per heavy atom. The zero-order chi connectivity index (χ0) is 39.4. The van der Waals surface area contributed by atoms with Crippen LogP contribution in [-0.2, 0) is 0 Å². The summed E-state index contributed by atoms with van der Waals surface area (Å²) in [5.74, 6) is 2.20. The van der Waals surface area contributed by atoms with Crippen LogP contribution in [0.2, 0.25) is 0 Å². The summed E-state index contributed by atoms with van der Waals surface area (Å²) in [6.07, 6.45) is 0. The van der Waals surface area contributed by atoms with Gasteiger partial charge in [0.05, 0.1) is 0 Å². The van der Waals surface area contributed by atoms with Crippen molar-refractivity contribution < 1.29 is 27.5 Å². The first-order valence-electron chi connectivity index (χ1n) is 17.4. The van der Waals surface area contributed by atoms with E-state index in [1.54, 1.807) is 121 Å². The summed E-state index contributed by atoms with van der Waals surface area (Å²) in [7, 11) is -10.1. The van der Waals surface area contributed by atoms with Gasteiger partial charge in [0.15, 0.2) is 0 Å². The number of nitrogen functional groups attached to an aromatic ring is 5. The molecule has 0 saturated heterocycles. The molecule has 17 heteroatoms. The molecule has 0 fully saturated rings. The first-order chi connectivity index (χ1) is 26.9. The number of nitrogens with two attached hydrogens (primary N) is 5. The zero-order valence-corrected chi connectivity index (χ0v) is 33.3. The molecule has 6 aromatic carbocycles. The molecule has 290 valence electrons. The Labute approximate surface area is 327 Å². The zero-order valence-electron chi connectivity index (χ0n) is 30.6. The topological polar surface area (TPSA) is 213 Å². The van der Waals surface area contributed by atoms with E-state index in [1.165, 1.54) is 4.60 Å². The second-order valence-electron chi connectivity index (χ2n) is 13.0. The SMILES string of the molecule is CC(C)c1ccc(OP2(Oc3ccc(N)cc3)(Oc3ccc(N)cc3)NPN=P(Oc3ccc(N)cc3)(Oc3ccc(N)cc3)N2Oc2ccc(N)cc2)cc1. The van der Waals surface area contributed by atoms with Gasteiger partial charge in [0.25, 0.3) is 0 Å². The quantitative estimate of drug-likeness (QED) is 0.0474. The van der Waals surface area contributed by atoms with E-state index < -0.39 is 24.1 Å². The molecule has 1 aliphatic heterocycles. The van der Waals surface area contributed by atoms with Crippen LogP contribution < -0.4 is 61.0 Å². The van der Waals surface area contributed by atoms with Crippen molar-refractivity contribution in [3.05, 3.63) is 151 Å². The Bertz CT molecular complexity index is 2220. The summed E-state index contributed by atoms with van der Waals surface area (Å²) in [4.78, 5) is 10.4. The van der Waals surface area contributed by atoms with Crippen molar-refractivity contribution in [3.8, 4) is 34.5 Å². The molecule has 11 N–H and O–H groups in total. The Morgan fingerprint density at radius 1 is 0.500 bits per heavy atom. The molecule has 14 nitrogen and oxygen atoms in total. The van der Waals surface area contributed by atoms with E-state index in [4.69, 9.17) is 60.6 Å². The van der Waals surface area contributed by atoms with Gasteiger partial charge in [-0.2, -0.15) is 0 Å². The summed E-state index contributed by atoms with van der Waals surface area (Å²) in [5.41, 5.74) is 34.3. The Kier molecular flexibility index (Phi) is 10.8. The van der Waals surface area contributed by atoms with E-state index in [1.807, 2.05) is 24.3 Å². The van der Waals surface area contributed by atoms with Crippen molar-refractivity contribution in [1.82, 2.24) is 9.46 Å². The molecule has 1 unspecified atom stereocenters. The van der Waals surface area contributed by atoms with Crippen LogP contribution in [0.5, 0.6) is 34.5 Å². The van der Waals surface area contributed by atoms with Gasteiger partial charge in [0.2, 0.25) is 0 Å². The van der Waals surface area contributed by atoms with E-state index in [2.05, 4.69) is 18.7 Å². The van der Waals surface area contributed by atoms with Gasteiger partial charge in [-0.3, -0.25) is 0 Å². The van der Waals surface area contributed by atoms with Gasteiger partial charge in [-0.15, -0.1) is 0 Å². The van der Waals surface area contributed by atoms with Crippen LogP contribution in [0.1, 0.15) is 25.3 Å². The van der Waals surface area contributed by atoms with E-state index >= 15 is 0 Å². The molecule has 7 rings (SSSR count). The molecule has 0 aliphatic carbocycles. The van der Waals surface area contributed by atoms with Gasteiger partial charge in [-0.1, -0.05) is 0 Å². The molecule has 0 spiro atoms. The molecule has 56 heavy (non-hydrogen) atoms. The molecule has 0 bridgehead atoms. The Balaban J connectivity index is 1.55.